The maximum atomic E-state index is 13.5. The first-order valence-electron chi connectivity index (χ1n) is 12.8. The molecular weight excluding hydrogens is 506 g/mol. The van der Waals surface area contributed by atoms with E-state index in [4.69, 9.17) is 28.4 Å². The highest BCUT2D eigenvalue weighted by atomic mass is 16.7. The van der Waals surface area contributed by atoms with Crippen molar-refractivity contribution in [2.75, 3.05) is 41.0 Å². The molecule has 0 radical (unpaired) electrons. The van der Waals surface area contributed by atoms with Crippen molar-refractivity contribution in [2.45, 2.75) is 51.4 Å². The maximum absolute atomic E-state index is 13.5. The summed E-state index contributed by atoms with van der Waals surface area (Å²) in [5, 5.41) is 24.9. The second-order valence-electron chi connectivity index (χ2n) is 9.89. The van der Waals surface area contributed by atoms with Crippen LogP contribution in [0.5, 0.6) is 28.7 Å². The number of aryl methyl sites for hydroxylation is 1. The van der Waals surface area contributed by atoms with E-state index in [1.807, 2.05) is 24.8 Å². The molecule has 0 amide bonds. The molecule has 4 atom stereocenters. The topological polar surface area (TPSA) is 132 Å². The van der Waals surface area contributed by atoms with Gasteiger partial charge >= 0.3 is 5.97 Å². The number of phenols is 1. The molecular formula is C28H33N3O8. The Bertz CT molecular complexity index is 1320. The summed E-state index contributed by atoms with van der Waals surface area (Å²) in [6, 6.07) is 3.40. The third-order valence-corrected chi connectivity index (χ3v) is 7.66. The Kier molecular flexibility index (Phi) is 7.44. The van der Waals surface area contributed by atoms with Gasteiger partial charge in [0.25, 0.3) is 0 Å². The van der Waals surface area contributed by atoms with E-state index in [0.717, 1.165) is 11.1 Å². The number of nitriles is 1. The molecule has 0 spiro atoms. The minimum absolute atomic E-state index is 0.000715. The third-order valence-electron chi connectivity index (χ3n) is 7.66. The third kappa shape index (κ3) is 4.48. The van der Waals surface area contributed by atoms with Crippen LogP contribution in [0.3, 0.4) is 0 Å². The van der Waals surface area contributed by atoms with E-state index < -0.39 is 30.1 Å². The summed E-state index contributed by atoms with van der Waals surface area (Å²) in [4.78, 5) is 15.3. The van der Waals surface area contributed by atoms with E-state index >= 15 is 0 Å². The Morgan fingerprint density at radius 2 is 2.00 bits per heavy atom. The van der Waals surface area contributed by atoms with Crippen LogP contribution in [-0.4, -0.2) is 69.0 Å². The largest absolute Gasteiger partial charge is 0.504 e. The Balaban J connectivity index is 1.65. The van der Waals surface area contributed by atoms with Gasteiger partial charge in [0, 0.05) is 23.8 Å². The van der Waals surface area contributed by atoms with Crippen molar-refractivity contribution in [3.63, 3.8) is 0 Å². The summed E-state index contributed by atoms with van der Waals surface area (Å²) < 4.78 is 33.7. The van der Waals surface area contributed by atoms with E-state index in [9.17, 15) is 15.2 Å². The molecule has 11 heteroatoms. The highest BCUT2D eigenvalue weighted by molar-refractivity contribution is 5.81. The van der Waals surface area contributed by atoms with E-state index in [1.165, 1.54) is 14.2 Å². The molecule has 1 fully saturated rings. The average molecular weight is 540 g/mol. The Hall–Kier alpha value is -3.72. The highest BCUT2D eigenvalue weighted by Crippen LogP contribution is 2.50. The molecule has 208 valence electrons. The maximum Gasteiger partial charge on any atom is 0.328 e. The number of cyclic esters (lactones) is 1. The smallest absolute Gasteiger partial charge is 0.328 e. The SMILES string of the molecule is COCOc1cc([C@@H]2C(=O)OC[C@@H]([C@@H]3NCCc4cc(C)c(OC)c(O)c43)N2[C@H](C)C#N)c2c(c1C)OCO2. The van der Waals surface area contributed by atoms with Crippen LogP contribution >= 0.6 is 0 Å². The first-order valence-corrected chi connectivity index (χ1v) is 12.8. The van der Waals surface area contributed by atoms with Crippen LogP contribution in [-0.2, 0) is 20.7 Å². The average Bonchev–Trinajstić information content (AvgIpc) is 3.43. The standard InChI is InChI=1S/C28H33N3O8/c1-14-8-17-6-7-30-22(21(17)24(32)25(14)35-5)19-11-36-28(33)23(31(19)15(2)10-29)18-9-20(37-12-34-4)16(3)26-27(18)39-13-38-26/h8-9,15,19,22-23,30,32H,6-7,11-13H2,1-5H3/t15-,19+,22+,23-/m1/s1. The molecule has 0 aromatic heterocycles. The van der Waals surface area contributed by atoms with Crippen LogP contribution in [0.1, 0.15) is 46.8 Å². The number of carbonyl (C=O) groups excluding carboxylic acids is 1. The van der Waals surface area contributed by atoms with Crippen LogP contribution in [0.2, 0.25) is 0 Å². The van der Waals surface area contributed by atoms with Gasteiger partial charge in [-0.2, -0.15) is 5.26 Å². The zero-order chi connectivity index (χ0) is 27.8. The number of benzene rings is 2. The van der Waals surface area contributed by atoms with Crippen molar-refractivity contribution in [3.8, 4) is 34.8 Å². The lowest BCUT2D eigenvalue weighted by Gasteiger charge is -2.47. The van der Waals surface area contributed by atoms with Crippen molar-refractivity contribution in [1.29, 1.82) is 5.26 Å². The van der Waals surface area contributed by atoms with Gasteiger partial charge in [-0.3, -0.25) is 4.90 Å². The van der Waals surface area contributed by atoms with E-state index in [1.54, 1.807) is 13.0 Å². The zero-order valence-corrected chi connectivity index (χ0v) is 22.7. The van der Waals surface area contributed by atoms with Crippen molar-refractivity contribution in [1.82, 2.24) is 10.2 Å². The molecule has 1 saturated heterocycles. The molecule has 0 aliphatic carbocycles. The lowest BCUT2D eigenvalue weighted by atomic mass is 9.85. The fraction of sp³-hybridized carbons (Fsp3) is 0.500. The molecule has 0 saturated carbocycles. The van der Waals surface area contributed by atoms with Crippen LogP contribution in [0.15, 0.2) is 12.1 Å². The van der Waals surface area contributed by atoms with Gasteiger partial charge in [0.2, 0.25) is 6.79 Å². The van der Waals surface area contributed by atoms with Crippen LogP contribution < -0.4 is 24.3 Å². The number of hydrogen-bond acceptors (Lipinski definition) is 11. The molecule has 5 rings (SSSR count). The number of nitrogens with one attached hydrogen (secondary N) is 1. The number of ether oxygens (including phenoxy) is 6. The number of aromatic hydroxyl groups is 1. The normalized spacial score (nSPS) is 23.0. The van der Waals surface area contributed by atoms with Crippen LogP contribution in [0.4, 0.5) is 0 Å². The Morgan fingerprint density at radius 1 is 1.23 bits per heavy atom. The zero-order valence-electron chi connectivity index (χ0n) is 22.7. The number of methoxy groups -OCH3 is 2. The number of carbonyl (C=O) groups is 1. The number of esters is 1. The van der Waals surface area contributed by atoms with E-state index in [2.05, 4.69) is 11.4 Å². The molecule has 2 N–H and O–H groups in total. The monoisotopic (exact) mass is 539 g/mol. The number of morpholine rings is 1. The number of phenolic OH excluding ortho intramolecular Hbond substituents is 1. The Morgan fingerprint density at radius 3 is 2.72 bits per heavy atom. The lowest BCUT2D eigenvalue weighted by Crippen LogP contribution is -2.58. The minimum atomic E-state index is -0.999. The molecule has 3 aliphatic heterocycles. The van der Waals surface area contributed by atoms with Crippen molar-refractivity contribution in [3.05, 3.63) is 39.9 Å². The molecule has 2 aromatic carbocycles. The first-order chi connectivity index (χ1) is 18.8. The molecule has 0 unspecified atom stereocenters. The number of nitrogens with zero attached hydrogens (tertiary/aromatic N) is 2. The van der Waals surface area contributed by atoms with Crippen molar-refractivity contribution < 1.29 is 38.3 Å². The fourth-order valence-corrected chi connectivity index (χ4v) is 5.92. The molecule has 3 heterocycles. The summed E-state index contributed by atoms with van der Waals surface area (Å²) in [7, 11) is 3.04. The van der Waals surface area contributed by atoms with Gasteiger partial charge < -0.3 is 38.8 Å². The Labute approximate surface area is 227 Å². The van der Waals surface area contributed by atoms with Gasteiger partial charge in [-0.25, -0.2) is 4.79 Å². The summed E-state index contributed by atoms with van der Waals surface area (Å²) in [5.74, 6) is 1.27. The summed E-state index contributed by atoms with van der Waals surface area (Å²) in [5.41, 5.74) is 3.67. The van der Waals surface area contributed by atoms with E-state index in [-0.39, 0.29) is 25.9 Å². The molecule has 3 aliphatic rings. The van der Waals surface area contributed by atoms with Gasteiger partial charge in [-0.15, -0.1) is 0 Å². The van der Waals surface area contributed by atoms with Crippen LogP contribution in [0.25, 0.3) is 0 Å². The molecule has 2 aromatic rings. The molecule has 11 nitrogen and oxygen atoms in total. The predicted molar refractivity (Wildman–Crippen MR) is 138 cm³/mol. The first kappa shape index (κ1) is 26.9. The lowest BCUT2D eigenvalue weighted by molar-refractivity contribution is -0.166. The van der Waals surface area contributed by atoms with Crippen molar-refractivity contribution in [2.24, 2.45) is 0 Å². The predicted octanol–water partition coefficient (Wildman–Crippen LogP) is 2.80. The summed E-state index contributed by atoms with van der Waals surface area (Å²) >= 11 is 0. The summed E-state index contributed by atoms with van der Waals surface area (Å²) in [6.45, 7) is 6.12. The van der Waals surface area contributed by atoms with Crippen molar-refractivity contribution >= 4 is 5.97 Å². The van der Waals surface area contributed by atoms with E-state index in [0.29, 0.717) is 52.7 Å². The minimum Gasteiger partial charge on any atom is -0.504 e. The second-order valence-corrected chi connectivity index (χ2v) is 9.89. The number of hydrogen-bond donors (Lipinski definition) is 2. The number of fused-ring (bicyclic) bond motifs is 2. The fourth-order valence-electron chi connectivity index (χ4n) is 5.92. The van der Waals surface area contributed by atoms with Gasteiger partial charge in [0.15, 0.2) is 29.8 Å². The van der Waals surface area contributed by atoms with Gasteiger partial charge in [-0.05, 0) is 50.9 Å². The van der Waals surface area contributed by atoms with Crippen LogP contribution in [0, 0.1) is 25.2 Å². The van der Waals surface area contributed by atoms with Gasteiger partial charge in [0.05, 0.1) is 31.3 Å². The van der Waals surface area contributed by atoms with Gasteiger partial charge in [0.1, 0.15) is 18.4 Å². The highest BCUT2D eigenvalue weighted by Gasteiger charge is 2.49. The molecule has 0 bridgehead atoms. The van der Waals surface area contributed by atoms with Gasteiger partial charge in [-0.1, -0.05) is 6.07 Å². The quantitative estimate of drug-likeness (QED) is 0.398. The number of rotatable bonds is 7. The molecule has 39 heavy (non-hydrogen) atoms. The second kappa shape index (κ2) is 10.8. The summed E-state index contributed by atoms with van der Waals surface area (Å²) in [6.07, 6.45) is 0.713.